The first kappa shape index (κ1) is 27.1. The summed E-state index contributed by atoms with van der Waals surface area (Å²) >= 11 is 3.72. The van der Waals surface area contributed by atoms with E-state index in [-0.39, 0.29) is 17.2 Å². The van der Waals surface area contributed by atoms with E-state index < -0.39 is 8.32 Å². The van der Waals surface area contributed by atoms with Crippen LogP contribution in [0.1, 0.15) is 51.8 Å². The van der Waals surface area contributed by atoms with Crippen LogP contribution in [0, 0.1) is 6.92 Å². The van der Waals surface area contributed by atoms with Crippen LogP contribution in [-0.2, 0) is 4.43 Å². The smallest absolute Gasteiger partial charge is 0.222 e. The van der Waals surface area contributed by atoms with Gasteiger partial charge >= 0.3 is 0 Å². The molecular weight excluding hydrogens is 508 g/mol. The molecule has 2 aromatic heterocycles. The van der Waals surface area contributed by atoms with Crippen LogP contribution in [0.3, 0.4) is 0 Å². The Bertz CT molecular complexity index is 1020. The molecule has 0 spiro atoms. The molecule has 1 aliphatic heterocycles. The zero-order chi connectivity index (χ0) is 25.4. The highest BCUT2D eigenvalue weighted by Gasteiger charge is 2.43. The Hall–Kier alpha value is -1.48. The monoisotopic (exact) mass is 548 g/mol. The van der Waals surface area contributed by atoms with Crippen LogP contribution in [0.4, 0.5) is 5.69 Å². The van der Waals surface area contributed by atoms with Gasteiger partial charge in [0.25, 0.3) is 0 Å². The molecule has 188 valence electrons. The fourth-order valence-corrected chi connectivity index (χ4v) is 5.81. The number of rotatable bonds is 7. The molecule has 0 unspecified atom stereocenters. The van der Waals surface area contributed by atoms with Gasteiger partial charge in [0.15, 0.2) is 8.32 Å². The van der Waals surface area contributed by atoms with E-state index in [1.807, 2.05) is 0 Å². The molecule has 0 saturated carbocycles. The maximum atomic E-state index is 6.82. The van der Waals surface area contributed by atoms with Gasteiger partial charge in [0.1, 0.15) is 4.60 Å². The quantitative estimate of drug-likeness (QED) is 0.316. The SMILES string of the molecule is COc1nc(C(C)C)ccc1-c1nc(Br)c(N[C@@H]2CN(C)C[C@@H]2O[Si](C)(C)C(C)(C)C)cc1C. The summed E-state index contributed by atoms with van der Waals surface area (Å²) in [4.78, 5) is 12.0. The molecule has 8 heteroatoms. The number of hydrogen-bond donors (Lipinski definition) is 1. The van der Waals surface area contributed by atoms with E-state index in [2.05, 4.69) is 106 Å². The number of likely N-dealkylation sites (N-methyl/N-ethyl adjacent to an activating group) is 1. The summed E-state index contributed by atoms with van der Waals surface area (Å²) < 4.78 is 13.2. The Labute approximate surface area is 215 Å². The normalized spacial score (nSPS) is 19.6. The fraction of sp³-hybridized carbons (Fsp3) is 0.615. The van der Waals surface area contributed by atoms with Crippen LogP contribution in [0.15, 0.2) is 22.8 Å². The molecule has 2 atom stereocenters. The summed E-state index contributed by atoms with van der Waals surface area (Å²) in [6.07, 6.45) is 0.144. The molecule has 1 saturated heterocycles. The fourth-order valence-electron chi connectivity index (χ4n) is 4.05. The Morgan fingerprint density at radius 2 is 1.85 bits per heavy atom. The first-order chi connectivity index (χ1) is 15.7. The molecule has 0 radical (unpaired) electrons. The Kier molecular flexibility index (Phi) is 8.17. The van der Waals surface area contributed by atoms with Crippen molar-refractivity contribution in [1.82, 2.24) is 14.9 Å². The van der Waals surface area contributed by atoms with E-state index in [4.69, 9.17) is 19.1 Å². The van der Waals surface area contributed by atoms with Crippen molar-refractivity contribution in [2.24, 2.45) is 0 Å². The van der Waals surface area contributed by atoms with Gasteiger partial charge in [0.05, 0.1) is 36.2 Å². The molecular formula is C26H41BrN4O2Si. The van der Waals surface area contributed by atoms with Gasteiger partial charge in [-0.3, -0.25) is 0 Å². The Balaban J connectivity index is 1.88. The number of anilines is 1. The third-order valence-electron chi connectivity index (χ3n) is 7.13. The van der Waals surface area contributed by atoms with Gasteiger partial charge in [0.2, 0.25) is 5.88 Å². The van der Waals surface area contributed by atoms with Gasteiger partial charge in [-0.15, -0.1) is 0 Å². The number of nitrogens with one attached hydrogen (secondary N) is 1. The number of aromatic nitrogens is 2. The second kappa shape index (κ2) is 10.2. The third-order valence-corrected chi connectivity index (χ3v) is 12.2. The number of pyridine rings is 2. The molecule has 1 fully saturated rings. The number of halogens is 1. The lowest BCUT2D eigenvalue weighted by Gasteiger charge is -2.39. The summed E-state index contributed by atoms with van der Waals surface area (Å²) in [7, 11) is 1.95. The van der Waals surface area contributed by atoms with Crippen LogP contribution in [0.25, 0.3) is 11.3 Å². The van der Waals surface area contributed by atoms with Gasteiger partial charge in [-0.2, -0.15) is 0 Å². The molecule has 3 heterocycles. The molecule has 1 N–H and O–H groups in total. The predicted molar refractivity (Wildman–Crippen MR) is 148 cm³/mol. The van der Waals surface area contributed by atoms with Crippen LogP contribution < -0.4 is 10.1 Å². The topological polar surface area (TPSA) is 59.5 Å². The standard InChI is InChI=1S/C26H41BrN4O2Si/c1-16(2)19-12-11-18(25(29-19)32-8)23-17(3)13-20(24(27)30-23)28-21-14-31(7)15-22(21)33-34(9,10)26(4,5)6/h11-13,16,21-22,28H,14-15H2,1-10H3/t21-,22+/m1/s1. The lowest BCUT2D eigenvalue weighted by Crippen LogP contribution is -2.48. The number of methoxy groups -OCH3 is 1. The van der Waals surface area contributed by atoms with Crippen LogP contribution in [0.5, 0.6) is 5.88 Å². The van der Waals surface area contributed by atoms with Crippen LogP contribution >= 0.6 is 15.9 Å². The minimum atomic E-state index is -1.87. The first-order valence-electron chi connectivity index (χ1n) is 12.1. The highest BCUT2D eigenvalue weighted by atomic mass is 79.9. The lowest BCUT2D eigenvalue weighted by molar-refractivity contribution is 0.180. The Morgan fingerprint density at radius 3 is 2.44 bits per heavy atom. The number of likely N-dealkylation sites (tertiary alicyclic amines) is 1. The number of hydrogen-bond acceptors (Lipinski definition) is 6. The van der Waals surface area contributed by atoms with Crippen molar-refractivity contribution in [3.8, 4) is 17.1 Å². The molecule has 34 heavy (non-hydrogen) atoms. The van der Waals surface area contributed by atoms with Crippen molar-refractivity contribution in [2.75, 3.05) is 32.6 Å². The van der Waals surface area contributed by atoms with Crippen molar-refractivity contribution in [1.29, 1.82) is 0 Å². The maximum Gasteiger partial charge on any atom is 0.222 e. The van der Waals surface area contributed by atoms with Gasteiger partial charge in [-0.1, -0.05) is 34.6 Å². The molecule has 1 aliphatic rings. The van der Waals surface area contributed by atoms with Crippen molar-refractivity contribution >= 4 is 29.9 Å². The number of ether oxygens (including phenoxy) is 1. The summed E-state index contributed by atoms with van der Waals surface area (Å²) in [5.41, 5.74) is 4.83. The van der Waals surface area contributed by atoms with Gasteiger partial charge < -0.3 is 19.4 Å². The summed E-state index contributed by atoms with van der Waals surface area (Å²) in [6, 6.07) is 6.47. The van der Waals surface area contributed by atoms with Crippen LogP contribution in [-0.4, -0.2) is 62.6 Å². The molecule has 0 aliphatic carbocycles. The van der Waals surface area contributed by atoms with Gasteiger partial charge in [-0.25, -0.2) is 9.97 Å². The van der Waals surface area contributed by atoms with E-state index in [1.54, 1.807) is 7.11 Å². The van der Waals surface area contributed by atoms with Crippen molar-refractivity contribution in [3.63, 3.8) is 0 Å². The minimum Gasteiger partial charge on any atom is -0.480 e. The zero-order valence-electron chi connectivity index (χ0n) is 22.4. The third kappa shape index (κ3) is 5.83. The minimum absolute atomic E-state index is 0.144. The highest BCUT2D eigenvalue weighted by molar-refractivity contribution is 9.10. The average Bonchev–Trinajstić information content (AvgIpc) is 3.07. The van der Waals surface area contributed by atoms with E-state index in [0.717, 1.165) is 45.9 Å². The van der Waals surface area contributed by atoms with E-state index in [0.29, 0.717) is 11.8 Å². The van der Waals surface area contributed by atoms with Gasteiger partial charge in [0, 0.05) is 18.8 Å². The Morgan fingerprint density at radius 1 is 1.18 bits per heavy atom. The largest absolute Gasteiger partial charge is 0.480 e. The molecule has 2 aromatic rings. The van der Waals surface area contributed by atoms with Crippen molar-refractivity contribution in [3.05, 3.63) is 34.1 Å². The maximum absolute atomic E-state index is 6.82. The summed E-state index contributed by atoms with van der Waals surface area (Å²) in [5, 5.41) is 3.91. The molecule has 0 aromatic carbocycles. The highest BCUT2D eigenvalue weighted by Crippen LogP contribution is 2.39. The van der Waals surface area contributed by atoms with Crippen LogP contribution in [0.2, 0.25) is 18.1 Å². The molecule has 3 rings (SSSR count). The number of aryl methyl sites for hydroxylation is 1. The van der Waals surface area contributed by atoms with Crippen molar-refractivity contribution < 1.29 is 9.16 Å². The average molecular weight is 550 g/mol. The second-order valence-corrected chi connectivity index (χ2v) is 16.8. The van der Waals surface area contributed by atoms with Crippen molar-refractivity contribution in [2.45, 2.75) is 77.7 Å². The lowest BCUT2D eigenvalue weighted by atomic mass is 10.0. The molecule has 0 amide bonds. The zero-order valence-corrected chi connectivity index (χ0v) is 25.0. The molecule has 6 nitrogen and oxygen atoms in total. The molecule has 0 bridgehead atoms. The van der Waals surface area contributed by atoms with Gasteiger partial charge in [-0.05, 0) is 77.7 Å². The first-order valence-corrected chi connectivity index (χ1v) is 15.8. The predicted octanol–water partition coefficient (Wildman–Crippen LogP) is 6.46. The second-order valence-electron chi connectivity index (χ2n) is 11.3. The number of nitrogens with zero attached hydrogens (tertiary/aromatic N) is 3. The van der Waals surface area contributed by atoms with E-state index in [9.17, 15) is 0 Å². The van der Waals surface area contributed by atoms with E-state index >= 15 is 0 Å². The summed E-state index contributed by atoms with van der Waals surface area (Å²) in [6.45, 7) is 19.7. The summed E-state index contributed by atoms with van der Waals surface area (Å²) in [5.74, 6) is 0.941. The van der Waals surface area contributed by atoms with E-state index in [1.165, 1.54) is 0 Å².